The van der Waals surface area contributed by atoms with E-state index in [0.29, 0.717) is 29.4 Å². The summed E-state index contributed by atoms with van der Waals surface area (Å²) >= 11 is 0. The summed E-state index contributed by atoms with van der Waals surface area (Å²) < 4.78 is 16.1. The minimum absolute atomic E-state index is 0.104. The molecule has 0 aromatic heterocycles. The predicted molar refractivity (Wildman–Crippen MR) is 107 cm³/mol. The van der Waals surface area contributed by atoms with Gasteiger partial charge < -0.3 is 19.5 Å². The molecule has 0 spiro atoms. The van der Waals surface area contributed by atoms with Crippen molar-refractivity contribution >= 4 is 5.91 Å². The second-order valence-corrected chi connectivity index (χ2v) is 7.74. The number of nitrogens with one attached hydrogen (secondary N) is 1. The summed E-state index contributed by atoms with van der Waals surface area (Å²) in [5, 5.41) is 3.08. The van der Waals surface area contributed by atoms with Crippen molar-refractivity contribution in [3.05, 3.63) is 17.7 Å². The smallest absolute Gasteiger partial charge is 0.255 e. The molecular weight excluding hydrogens is 344 g/mol. The van der Waals surface area contributed by atoms with Gasteiger partial charge >= 0.3 is 0 Å². The van der Waals surface area contributed by atoms with Gasteiger partial charge in [0.2, 0.25) is 5.75 Å². The average Bonchev–Trinajstić information content (AvgIpc) is 2.70. The van der Waals surface area contributed by atoms with Crippen LogP contribution in [-0.4, -0.2) is 57.3 Å². The average molecular weight is 379 g/mol. The molecule has 1 fully saturated rings. The topological polar surface area (TPSA) is 60.0 Å². The summed E-state index contributed by atoms with van der Waals surface area (Å²) in [6, 6.07) is 3.43. The molecular formula is C21H34N2O4. The molecule has 0 bridgehead atoms. The Morgan fingerprint density at radius 1 is 1.19 bits per heavy atom. The van der Waals surface area contributed by atoms with Crippen molar-refractivity contribution in [1.29, 1.82) is 0 Å². The van der Waals surface area contributed by atoms with Crippen LogP contribution in [0.3, 0.4) is 0 Å². The Morgan fingerprint density at radius 3 is 2.48 bits per heavy atom. The number of methoxy groups -OCH3 is 3. The summed E-state index contributed by atoms with van der Waals surface area (Å²) in [7, 11) is 4.62. The second-order valence-electron chi connectivity index (χ2n) is 7.74. The molecule has 1 N–H and O–H groups in total. The highest BCUT2D eigenvalue weighted by molar-refractivity contribution is 5.98. The van der Waals surface area contributed by atoms with E-state index in [-0.39, 0.29) is 11.4 Å². The van der Waals surface area contributed by atoms with Gasteiger partial charge in [-0.1, -0.05) is 13.3 Å². The van der Waals surface area contributed by atoms with E-state index in [1.807, 2.05) is 0 Å². The number of likely N-dealkylation sites (tertiary alicyclic amines) is 1. The van der Waals surface area contributed by atoms with Crippen LogP contribution >= 0.6 is 0 Å². The Kier molecular flexibility index (Phi) is 7.36. The number of hydrogen-bond donors (Lipinski definition) is 1. The van der Waals surface area contributed by atoms with Crippen LogP contribution in [0.4, 0.5) is 0 Å². The molecule has 1 atom stereocenters. The zero-order valence-corrected chi connectivity index (χ0v) is 17.6. The third-order valence-electron chi connectivity index (χ3n) is 5.58. The third-order valence-corrected chi connectivity index (χ3v) is 5.58. The first kappa shape index (κ1) is 21.4. The van der Waals surface area contributed by atoms with Crippen LogP contribution < -0.4 is 19.5 Å². The lowest BCUT2D eigenvalue weighted by Crippen LogP contribution is -2.54. The van der Waals surface area contributed by atoms with Crippen molar-refractivity contribution in [2.24, 2.45) is 5.92 Å². The molecule has 0 radical (unpaired) electrons. The fourth-order valence-electron chi connectivity index (χ4n) is 3.73. The van der Waals surface area contributed by atoms with Gasteiger partial charge in [0.05, 0.1) is 26.9 Å². The normalized spacial score (nSPS) is 18.1. The van der Waals surface area contributed by atoms with Crippen LogP contribution in [0.2, 0.25) is 0 Å². The number of amides is 1. The van der Waals surface area contributed by atoms with E-state index >= 15 is 0 Å². The van der Waals surface area contributed by atoms with Gasteiger partial charge in [-0.15, -0.1) is 0 Å². The Labute approximate surface area is 163 Å². The van der Waals surface area contributed by atoms with Gasteiger partial charge in [-0.3, -0.25) is 9.69 Å². The van der Waals surface area contributed by atoms with E-state index in [2.05, 4.69) is 31.0 Å². The fourth-order valence-corrected chi connectivity index (χ4v) is 3.73. The molecule has 1 aliphatic heterocycles. The van der Waals surface area contributed by atoms with Gasteiger partial charge in [-0.2, -0.15) is 0 Å². The van der Waals surface area contributed by atoms with Crippen LogP contribution in [0, 0.1) is 5.92 Å². The quantitative estimate of drug-likeness (QED) is 0.752. The van der Waals surface area contributed by atoms with Crippen LogP contribution in [-0.2, 0) is 0 Å². The SMILES string of the molecule is CCC1CCCN(C(C)(C)CNC(=O)c2ccc(OC)c(OC)c2OC)C1. The van der Waals surface area contributed by atoms with Crippen molar-refractivity contribution in [3.63, 3.8) is 0 Å². The van der Waals surface area contributed by atoms with E-state index in [1.165, 1.54) is 33.5 Å². The number of ether oxygens (including phenoxy) is 3. The molecule has 27 heavy (non-hydrogen) atoms. The van der Waals surface area contributed by atoms with Crippen molar-refractivity contribution in [1.82, 2.24) is 10.2 Å². The maximum atomic E-state index is 12.8. The predicted octanol–water partition coefficient (Wildman–Crippen LogP) is 3.34. The van der Waals surface area contributed by atoms with Crippen molar-refractivity contribution < 1.29 is 19.0 Å². The second kappa shape index (κ2) is 9.31. The van der Waals surface area contributed by atoms with Crippen molar-refractivity contribution in [2.75, 3.05) is 41.0 Å². The maximum Gasteiger partial charge on any atom is 0.255 e. The summed E-state index contributed by atoms with van der Waals surface area (Å²) in [5.74, 6) is 1.92. The Morgan fingerprint density at radius 2 is 1.89 bits per heavy atom. The molecule has 1 saturated heterocycles. The molecule has 6 nitrogen and oxygen atoms in total. The first-order valence-electron chi connectivity index (χ1n) is 9.70. The lowest BCUT2D eigenvalue weighted by molar-refractivity contribution is 0.0611. The van der Waals surface area contributed by atoms with Crippen LogP contribution in [0.5, 0.6) is 17.2 Å². The Bertz CT molecular complexity index is 645. The number of hydrogen-bond acceptors (Lipinski definition) is 5. The molecule has 1 amide bonds. The van der Waals surface area contributed by atoms with Gasteiger partial charge in [0.25, 0.3) is 5.91 Å². The number of benzene rings is 1. The highest BCUT2D eigenvalue weighted by Gasteiger charge is 2.31. The van der Waals surface area contributed by atoms with E-state index < -0.39 is 0 Å². The van der Waals surface area contributed by atoms with Gasteiger partial charge in [0.1, 0.15) is 0 Å². The summed E-state index contributed by atoms with van der Waals surface area (Å²) in [4.78, 5) is 15.3. The molecule has 1 aromatic carbocycles. The largest absolute Gasteiger partial charge is 0.493 e. The molecule has 1 aliphatic rings. The van der Waals surface area contributed by atoms with E-state index in [1.54, 1.807) is 19.2 Å². The lowest BCUT2D eigenvalue weighted by Gasteiger charge is -2.43. The van der Waals surface area contributed by atoms with E-state index in [9.17, 15) is 4.79 Å². The molecule has 0 saturated carbocycles. The third kappa shape index (κ3) is 4.86. The van der Waals surface area contributed by atoms with E-state index in [4.69, 9.17) is 14.2 Å². The standard InChI is InChI=1S/C21H34N2O4/c1-7-15-9-8-12-23(13-15)21(2,3)14-22-20(24)16-10-11-17(25-4)19(27-6)18(16)26-5/h10-11,15H,7-9,12-14H2,1-6H3,(H,22,24). The zero-order chi connectivity index (χ0) is 20.0. The monoisotopic (exact) mass is 378 g/mol. The van der Waals surface area contributed by atoms with Crippen molar-refractivity contribution in [2.45, 2.75) is 45.6 Å². The van der Waals surface area contributed by atoms with Gasteiger partial charge in [-0.05, 0) is 51.3 Å². The number of carbonyl (C=O) groups is 1. The highest BCUT2D eigenvalue weighted by Crippen LogP contribution is 2.39. The number of carbonyl (C=O) groups excluding carboxylic acids is 1. The maximum absolute atomic E-state index is 12.8. The number of rotatable bonds is 8. The van der Waals surface area contributed by atoms with Crippen LogP contribution in [0.25, 0.3) is 0 Å². The lowest BCUT2D eigenvalue weighted by atomic mass is 9.91. The fraction of sp³-hybridized carbons (Fsp3) is 0.667. The minimum atomic E-state index is -0.176. The van der Waals surface area contributed by atoms with Crippen LogP contribution in [0.1, 0.15) is 50.4 Å². The van der Waals surface area contributed by atoms with E-state index in [0.717, 1.165) is 19.0 Å². The van der Waals surface area contributed by atoms with Gasteiger partial charge in [0, 0.05) is 18.6 Å². The molecule has 2 rings (SSSR count). The summed E-state index contributed by atoms with van der Waals surface area (Å²) in [6.45, 7) is 9.39. The highest BCUT2D eigenvalue weighted by atomic mass is 16.5. The van der Waals surface area contributed by atoms with Crippen LogP contribution in [0.15, 0.2) is 12.1 Å². The molecule has 6 heteroatoms. The van der Waals surface area contributed by atoms with Crippen molar-refractivity contribution in [3.8, 4) is 17.2 Å². The number of piperidine rings is 1. The zero-order valence-electron chi connectivity index (χ0n) is 17.6. The number of nitrogens with zero attached hydrogens (tertiary/aromatic N) is 1. The minimum Gasteiger partial charge on any atom is -0.493 e. The molecule has 0 aliphatic carbocycles. The van der Waals surface area contributed by atoms with Gasteiger partial charge in [0.15, 0.2) is 11.5 Å². The molecule has 1 unspecified atom stereocenters. The summed E-state index contributed by atoms with van der Waals surface area (Å²) in [5.41, 5.74) is 0.337. The molecule has 152 valence electrons. The Balaban J connectivity index is 2.11. The Hall–Kier alpha value is -1.95. The molecule has 1 heterocycles. The molecule has 1 aromatic rings. The summed E-state index contributed by atoms with van der Waals surface area (Å²) in [6.07, 6.45) is 3.74. The van der Waals surface area contributed by atoms with Gasteiger partial charge in [-0.25, -0.2) is 0 Å². The first-order valence-corrected chi connectivity index (χ1v) is 9.70. The first-order chi connectivity index (χ1) is 12.9.